The Bertz CT molecular complexity index is 380. The van der Waals surface area contributed by atoms with Crippen LogP contribution in [0.2, 0.25) is 0 Å². The Balaban J connectivity index is 2.59. The van der Waals surface area contributed by atoms with E-state index in [9.17, 15) is 4.39 Å². The minimum atomic E-state index is -0.215. The molecule has 0 bridgehead atoms. The molecule has 0 heterocycles. The molecule has 0 amide bonds. The van der Waals surface area contributed by atoms with Gasteiger partial charge in [-0.3, -0.25) is 0 Å². The van der Waals surface area contributed by atoms with E-state index in [1.807, 2.05) is 13.1 Å². The molecule has 102 valence electrons. The Morgan fingerprint density at radius 3 is 2.67 bits per heavy atom. The van der Waals surface area contributed by atoms with E-state index in [1.165, 1.54) is 6.07 Å². The van der Waals surface area contributed by atoms with Gasteiger partial charge < -0.3 is 10.6 Å². The molecule has 0 aromatic heterocycles. The number of nitrogens with one attached hydrogen (secondary N) is 2. The average Bonchev–Trinajstić information content (AvgIpc) is 2.32. The van der Waals surface area contributed by atoms with Crippen LogP contribution in [-0.4, -0.2) is 26.7 Å². The van der Waals surface area contributed by atoms with Gasteiger partial charge in [0.2, 0.25) is 0 Å². The molecule has 1 aromatic carbocycles. The zero-order valence-electron chi connectivity index (χ0n) is 11.3. The van der Waals surface area contributed by atoms with E-state index in [-0.39, 0.29) is 11.2 Å². The highest BCUT2D eigenvalue weighted by molar-refractivity contribution is 9.10. The molecule has 2 nitrogen and oxygen atoms in total. The van der Waals surface area contributed by atoms with Crippen molar-refractivity contribution in [1.29, 1.82) is 0 Å². The molecule has 0 atom stereocenters. The van der Waals surface area contributed by atoms with E-state index in [2.05, 4.69) is 40.4 Å². The molecule has 18 heavy (non-hydrogen) atoms. The third-order valence-electron chi connectivity index (χ3n) is 3.00. The molecule has 0 aliphatic carbocycles. The molecule has 0 aliphatic rings. The molecule has 1 aromatic rings. The first kappa shape index (κ1) is 15.6. The van der Waals surface area contributed by atoms with Crippen molar-refractivity contribution in [1.82, 2.24) is 10.6 Å². The van der Waals surface area contributed by atoms with E-state index in [4.69, 9.17) is 0 Å². The van der Waals surface area contributed by atoms with Crippen molar-refractivity contribution < 1.29 is 4.39 Å². The molecule has 0 unspecified atom stereocenters. The predicted molar refractivity (Wildman–Crippen MR) is 78.5 cm³/mol. The van der Waals surface area contributed by atoms with Crippen molar-refractivity contribution in [3.05, 3.63) is 34.1 Å². The summed E-state index contributed by atoms with van der Waals surface area (Å²) < 4.78 is 14.8. The summed E-state index contributed by atoms with van der Waals surface area (Å²) in [6.07, 6.45) is 1.08. The normalized spacial score (nSPS) is 11.8. The average molecular weight is 317 g/mol. The highest BCUT2D eigenvalue weighted by atomic mass is 79.9. The Kier molecular flexibility index (Phi) is 6.26. The van der Waals surface area contributed by atoms with Crippen molar-refractivity contribution >= 4 is 15.9 Å². The third kappa shape index (κ3) is 4.67. The van der Waals surface area contributed by atoms with Gasteiger partial charge >= 0.3 is 0 Å². The SMILES string of the molecule is CNCCCNCC(C)(C)c1cc(Br)ccc1F. The molecule has 1 rings (SSSR count). The van der Waals surface area contributed by atoms with Gasteiger partial charge in [0, 0.05) is 16.4 Å². The van der Waals surface area contributed by atoms with Crippen LogP contribution in [0.3, 0.4) is 0 Å². The number of rotatable bonds is 7. The lowest BCUT2D eigenvalue weighted by Gasteiger charge is -2.26. The first-order chi connectivity index (χ1) is 8.47. The summed E-state index contributed by atoms with van der Waals surface area (Å²) in [7, 11) is 1.95. The highest BCUT2D eigenvalue weighted by Crippen LogP contribution is 2.27. The van der Waals surface area contributed by atoms with Crippen LogP contribution in [0.25, 0.3) is 0 Å². The number of hydrogen-bond acceptors (Lipinski definition) is 2. The summed E-state index contributed by atoms with van der Waals surface area (Å²) in [6, 6.07) is 5.11. The summed E-state index contributed by atoms with van der Waals surface area (Å²) in [4.78, 5) is 0. The lowest BCUT2D eigenvalue weighted by atomic mass is 9.84. The van der Waals surface area contributed by atoms with Crippen molar-refractivity contribution in [2.75, 3.05) is 26.7 Å². The van der Waals surface area contributed by atoms with Gasteiger partial charge in [-0.2, -0.15) is 0 Å². The quantitative estimate of drug-likeness (QED) is 0.755. The van der Waals surface area contributed by atoms with Gasteiger partial charge in [-0.15, -0.1) is 0 Å². The van der Waals surface area contributed by atoms with Gasteiger partial charge in [0.05, 0.1) is 0 Å². The van der Waals surface area contributed by atoms with Crippen LogP contribution >= 0.6 is 15.9 Å². The Morgan fingerprint density at radius 2 is 2.00 bits per heavy atom. The summed E-state index contributed by atoms with van der Waals surface area (Å²) in [5.41, 5.74) is 0.533. The maximum absolute atomic E-state index is 13.8. The van der Waals surface area contributed by atoms with Crippen LogP contribution < -0.4 is 10.6 Å². The van der Waals surface area contributed by atoms with Crippen molar-refractivity contribution in [2.45, 2.75) is 25.7 Å². The van der Waals surface area contributed by atoms with Gasteiger partial charge in [-0.1, -0.05) is 29.8 Å². The Labute approximate surface area is 117 Å². The van der Waals surface area contributed by atoms with E-state index in [1.54, 1.807) is 6.07 Å². The predicted octanol–water partition coefficient (Wildman–Crippen LogP) is 3.06. The van der Waals surface area contributed by atoms with Gasteiger partial charge in [0.1, 0.15) is 5.82 Å². The van der Waals surface area contributed by atoms with E-state index < -0.39 is 0 Å². The van der Waals surface area contributed by atoms with Gasteiger partial charge in [-0.05, 0) is 50.3 Å². The molecule has 0 fully saturated rings. The third-order valence-corrected chi connectivity index (χ3v) is 3.50. The van der Waals surface area contributed by atoms with Crippen molar-refractivity contribution in [3.8, 4) is 0 Å². The number of hydrogen-bond donors (Lipinski definition) is 2. The molecule has 0 radical (unpaired) electrons. The topological polar surface area (TPSA) is 24.1 Å². The van der Waals surface area contributed by atoms with Crippen LogP contribution in [0.4, 0.5) is 4.39 Å². The Morgan fingerprint density at radius 1 is 1.28 bits per heavy atom. The second-order valence-corrected chi connectivity index (χ2v) is 6.06. The van der Waals surface area contributed by atoms with Crippen LogP contribution in [-0.2, 0) is 5.41 Å². The standard InChI is InChI=1S/C14H22BrFN2/c1-14(2,10-18-8-4-7-17-3)12-9-11(15)5-6-13(12)16/h5-6,9,17-18H,4,7-8,10H2,1-3H3. The van der Waals surface area contributed by atoms with E-state index >= 15 is 0 Å². The first-order valence-corrected chi connectivity index (χ1v) is 7.07. The fourth-order valence-electron chi connectivity index (χ4n) is 1.90. The molecular formula is C14H22BrFN2. The summed E-state index contributed by atoms with van der Waals surface area (Å²) in [5, 5.41) is 6.49. The van der Waals surface area contributed by atoms with Gasteiger partial charge in [0.25, 0.3) is 0 Å². The molecule has 4 heteroatoms. The van der Waals surface area contributed by atoms with Crippen LogP contribution in [0, 0.1) is 5.82 Å². The molecule has 2 N–H and O–H groups in total. The molecule has 0 spiro atoms. The Hall–Kier alpha value is -0.450. The zero-order valence-corrected chi connectivity index (χ0v) is 12.9. The van der Waals surface area contributed by atoms with Crippen LogP contribution in [0.5, 0.6) is 0 Å². The minimum Gasteiger partial charge on any atom is -0.320 e. The largest absolute Gasteiger partial charge is 0.320 e. The maximum atomic E-state index is 13.8. The van der Waals surface area contributed by atoms with E-state index in [0.29, 0.717) is 0 Å². The smallest absolute Gasteiger partial charge is 0.127 e. The van der Waals surface area contributed by atoms with Gasteiger partial charge in [-0.25, -0.2) is 4.39 Å². The fourth-order valence-corrected chi connectivity index (χ4v) is 2.26. The first-order valence-electron chi connectivity index (χ1n) is 6.28. The number of halogens is 2. The minimum absolute atomic E-state index is 0.139. The summed E-state index contributed by atoms with van der Waals surface area (Å²) in [5.74, 6) is -0.139. The lowest BCUT2D eigenvalue weighted by molar-refractivity contribution is 0.441. The fraction of sp³-hybridized carbons (Fsp3) is 0.571. The molecule has 0 saturated heterocycles. The monoisotopic (exact) mass is 316 g/mol. The van der Waals surface area contributed by atoms with Crippen molar-refractivity contribution in [3.63, 3.8) is 0 Å². The van der Waals surface area contributed by atoms with Crippen molar-refractivity contribution in [2.24, 2.45) is 0 Å². The second kappa shape index (κ2) is 7.22. The van der Waals surface area contributed by atoms with Gasteiger partial charge in [0.15, 0.2) is 0 Å². The lowest BCUT2D eigenvalue weighted by Crippen LogP contribution is -2.34. The molecular weight excluding hydrogens is 295 g/mol. The highest BCUT2D eigenvalue weighted by Gasteiger charge is 2.23. The number of benzene rings is 1. The van der Waals surface area contributed by atoms with E-state index in [0.717, 1.165) is 36.1 Å². The summed E-state index contributed by atoms with van der Waals surface area (Å²) >= 11 is 3.40. The van der Waals surface area contributed by atoms with Crippen LogP contribution in [0.1, 0.15) is 25.8 Å². The molecule has 0 aliphatic heterocycles. The van der Waals surface area contributed by atoms with Crippen LogP contribution in [0.15, 0.2) is 22.7 Å². The maximum Gasteiger partial charge on any atom is 0.127 e. The second-order valence-electron chi connectivity index (χ2n) is 5.14. The molecule has 0 saturated carbocycles. The zero-order chi connectivity index (χ0) is 13.6. The summed E-state index contributed by atoms with van der Waals surface area (Å²) in [6.45, 7) is 6.83.